The van der Waals surface area contributed by atoms with Gasteiger partial charge >= 0.3 is 0 Å². The summed E-state index contributed by atoms with van der Waals surface area (Å²) in [4.78, 5) is 33.3. The molecule has 0 unspecified atom stereocenters. The zero-order chi connectivity index (χ0) is 20.4. The van der Waals surface area contributed by atoms with Crippen LogP contribution in [0.15, 0.2) is 66.9 Å². The van der Waals surface area contributed by atoms with Gasteiger partial charge in [-0.25, -0.2) is 4.98 Å². The fourth-order valence-corrected chi connectivity index (χ4v) is 3.41. The van der Waals surface area contributed by atoms with Crippen LogP contribution in [-0.4, -0.2) is 37.4 Å². The summed E-state index contributed by atoms with van der Waals surface area (Å²) in [5, 5.41) is 2.87. The van der Waals surface area contributed by atoms with Gasteiger partial charge in [-0.1, -0.05) is 18.2 Å². The zero-order valence-electron chi connectivity index (χ0n) is 16.4. The van der Waals surface area contributed by atoms with Crippen molar-refractivity contribution in [3.8, 4) is 0 Å². The SMILES string of the molecule is CN(C)c1cc(C(=O)Nc2ccc(C(=O)N3CCc4ccccc43)cc2)ccn1. The molecule has 6 heteroatoms. The van der Waals surface area contributed by atoms with Crippen molar-refractivity contribution in [3.63, 3.8) is 0 Å². The van der Waals surface area contributed by atoms with Crippen molar-refractivity contribution in [2.75, 3.05) is 35.8 Å². The number of carbonyl (C=O) groups excluding carboxylic acids is 2. The molecular weight excluding hydrogens is 364 g/mol. The molecule has 0 atom stereocenters. The number of benzene rings is 2. The average Bonchev–Trinajstić information content (AvgIpc) is 3.18. The first kappa shape index (κ1) is 18.7. The van der Waals surface area contributed by atoms with E-state index in [2.05, 4.69) is 16.4 Å². The third-order valence-corrected chi connectivity index (χ3v) is 4.99. The van der Waals surface area contributed by atoms with Crippen molar-refractivity contribution < 1.29 is 9.59 Å². The van der Waals surface area contributed by atoms with E-state index in [0.717, 1.165) is 12.1 Å². The number of para-hydroxylation sites is 1. The number of hydrogen-bond acceptors (Lipinski definition) is 4. The van der Waals surface area contributed by atoms with Crippen molar-refractivity contribution >= 4 is 29.0 Å². The van der Waals surface area contributed by atoms with Crippen LogP contribution in [0.25, 0.3) is 0 Å². The molecule has 2 heterocycles. The Kier molecular flexibility index (Phi) is 4.99. The fourth-order valence-electron chi connectivity index (χ4n) is 3.41. The van der Waals surface area contributed by atoms with Crippen molar-refractivity contribution in [2.24, 2.45) is 0 Å². The van der Waals surface area contributed by atoms with Gasteiger partial charge in [-0.15, -0.1) is 0 Å². The molecule has 1 aromatic heterocycles. The lowest BCUT2D eigenvalue weighted by Gasteiger charge is -2.17. The number of nitrogens with zero attached hydrogens (tertiary/aromatic N) is 3. The number of nitrogens with one attached hydrogen (secondary N) is 1. The van der Waals surface area contributed by atoms with Crippen LogP contribution in [0.1, 0.15) is 26.3 Å². The second-order valence-corrected chi connectivity index (χ2v) is 7.16. The molecule has 4 rings (SSSR count). The molecule has 2 amide bonds. The van der Waals surface area contributed by atoms with Crippen molar-refractivity contribution in [1.82, 2.24) is 4.98 Å². The Hall–Kier alpha value is -3.67. The van der Waals surface area contributed by atoms with Crippen LogP contribution in [0.2, 0.25) is 0 Å². The van der Waals surface area contributed by atoms with Gasteiger partial charge in [0.15, 0.2) is 0 Å². The molecule has 0 saturated carbocycles. The quantitative estimate of drug-likeness (QED) is 0.744. The predicted octanol–water partition coefficient (Wildman–Crippen LogP) is 3.60. The van der Waals surface area contributed by atoms with E-state index in [9.17, 15) is 9.59 Å². The second kappa shape index (κ2) is 7.75. The van der Waals surface area contributed by atoms with Crippen LogP contribution in [0.3, 0.4) is 0 Å². The summed E-state index contributed by atoms with van der Waals surface area (Å²) >= 11 is 0. The van der Waals surface area contributed by atoms with Gasteiger partial charge in [0.2, 0.25) is 0 Å². The summed E-state index contributed by atoms with van der Waals surface area (Å²) in [6.45, 7) is 0.687. The standard InChI is InChI=1S/C23H22N4O2/c1-26(2)21-15-18(11-13-24-21)22(28)25-19-9-7-17(8-10-19)23(29)27-14-12-16-5-3-4-6-20(16)27/h3-11,13,15H,12,14H2,1-2H3,(H,25,28). The largest absolute Gasteiger partial charge is 0.363 e. The molecule has 29 heavy (non-hydrogen) atoms. The number of amides is 2. The van der Waals surface area contributed by atoms with Gasteiger partial charge in [0.1, 0.15) is 5.82 Å². The Bertz CT molecular complexity index is 1060. The summed E-state index contributed by atoms with van der Waals surface area (Å²) in [6, 6.07) is 18.4. The number of rotatable bonds is 4. The van der Waals surface area contributed by atoms with Gasteiger partial charge in [0.25, 0.3) is 11.8 Å². The smallest absolute Gasteiger partial charge is 0.258 e. The van der Waals surface area contributed by atoms with Crippen LogP contribution >= 0.6 is 0 Å². The van der Waals surface area contributed by atoms with Crippen molar-refractivity contribution in [3.05, 3.63) is 83.6 Å². The van der Waals surface area contributed by atoms with E-state index in [1.54, 1.807) is 42.6 Å². The molecule has 0 spiro atoms. The topological polar surface area (TPSA) is 65.5 Å². The number of hydrogen-bond donors (Lipinski definition) is 1. The van der Waals surface area contributed by atoms with Crippen LogP contribution < -0.4 is 15.1 Å². The molecule has 2 aromatic carbocycles. The van der Waals surface area contributed by atoms with E-state index >= 15 is 0 Å². The van der Waals surface area contributed by atoms with Crippen LogP contribution in [0.5, 0.6) is 0 Å². The number of carbonyl (C=O) groups is 2. The van der Waals surface area contributed by atoms with Gasteiger partial charge in [-0.3, -0.25) is 9.59 Å². The summed E-state index contributed by atoms with van der Waals surface area (Å²) in [5.74, 6) is 0.463. The van der Waals surface area contributed by atoms with E-state index < -0.39 is 0 Å². The number of fused-ring (bicyclic) bond motifs is 1. The van der Waals surface area contributed by atoms with E-state index in [4.69, 9.17) is 0 Å². The Morgan fingerprint density at radius 1 is 1.00 bits per heavy atom. The molecule has 1 aliphatic rings. The molecule has 0 aliphatic carbocycles. The highest BCUT2D eigenvalue weighted by Gasteiger charge is 2.25. The van der Waals surface area contributed by atoms with Gasteiger partial charge in [-0.2, -0.15) is 0 Å². The predicted molar refractivity (Wildman–Crippen MR) is 115 cm³/mol. The van der Waals surface area contributed by atoms with E-state index in [-0.39, 0.29) is 11.8 Å². The lowest BCUT2D eigenvalue weighted by molar-refractivity contribution is 0.0988. The Balaban J connectivity index is 1.46. The third-order valence-electron chi connectivity index (χ3n) is 4.99. The molecule has 0 bridgehead atoms. The van der Waals surface area contributed by atoms with Gasteiger partial charge in [0, 0.05) is 49.3 Å². The number of pyridine rings is 1. The first-order chi connectivity index (χ1) is 14.0. The Labute approximate surface area is 169 Å². The Morgan fingerprint density at radius 2 is 1.76 bits per heavy atom. The molecule has 0 saturated heterocycles. The third kappa shape index (κ3) is 3.82. The minimum absolute atomic E-state index is 0.0300. The Morgan fingerprint density at radius 3 is 2.52 bits per heavy atom. The lowest BCUT2D eigenvalue weighted by Crippen LogP contribution is -2.28. The summed E-state index contributed by atoms with van der Waals surface area (Å²) < 4.78 is 0. The highest BCUT2D eigenvalue weighted by Crippen LogP contribution is 2.29. The minimum Gasteiger partial charge on any atom is -0.363 e. The van der Waals surface area contributed by atoms with Crippen molar-refractivity contribution in [2.45, 2.75) is 6.42 Å². The van der Waals surface area contributed by atoms with Crippen LogP contribution in [0.4, 0.5) is 17.2 Å². The molecular formula is C23H22N4O2. The van der Waals surface area contributed by atoms with Crippen molar-refractivity contribution in [1.29, 1.82) is 0 Å². The number of anilines is 3. The maximum atomic E-state index is 12.9. The normalized spacial score (nSPS) is 12.4. The van der Waals surface area contributed by atoms with E-state index in [1.807, 2.05) is 42.1 Å². The summed E-state index contributed by atoms with van der Waals surface area (Å²) in [6.07, 6.45) is 2.48. The van der Waals surface area contributed by atoms with Gasteiger partial charge in [-0.05, 0) is 54.4 Å². The zero-order valence-corrected chi connectivity index (χ0v) is 16.4. The van der Waals surface area contributed by atoms with Gasteiger partial charge < -0.3 is 15.1 Å². The maximum Gasteiger partial charge on any atom is 0.258 e. The fraction of sp³-hybridized carbons (Fsp3) is 0.174. The minimum atomic E-state index is -0.219. The summed E-state index contributed by atoms with van der Waals surface area (Å²) in [5.41, 5.74) is 3.93. The first-order valence-corrected chi connectivity index (χ1v) is 9.47. The monoisotopic (exact) mass is 386 g/mol. The van der Waals surface area contributed by atoms with E-state index in [1.165, 1.54) is 5.56 Å². The lowest BCUT2D eigenvalue weighted by atomic mass is 10.1. The maximum absolute atomic E-state index is 12.9. The highest BCUT2D eigenvalue weighted by molar-refractivity contribution is 6.08. The van der Waals surface area contributed by atoms with Crippen LogP contribution in [0, 0.1) is 0 Å². The average molecular weight is 386 g/mol. The molecule has 6 nitrogen and oxygen atoms in total. The first-order valence-electron chi connectivity index (χ1n) is 9.47. The second-order valence-electron chi connectivity index (χ2n) is 7.16. The molecule has 1 N–H and O–H groups in total. The number of aromatic nitrogens is 1. The molecule has 146 valence electrons. The van der Waals surface area contributed by atoms with Gasteiger partial charge in [0.05, 0.1) is 0 Å². The summed E-state index contributed by atoms with van der Waals surface area (Å²) in [7, 11) is 3.75. The highest BCUT2D eigenvalue weighted by atomic mass is 16.2. The van der Waals surface area contributed by atoms with Crippen LogP contribution in [-0.2, 0) is 6.42 Å². The molecule has 0 fully saturated rings. The van der Waals surface area contributed by atoms with E-state index in [0.29, 0.717) is 29.2 Å². The molecule has 1 aliphatic heterocycles. The molecule has 3 aromatic rings. The molecule has 0 radical (unpaired) electrons.